The van der Waals surface area contributed by atoms with Crippen LogP contribution in [0.1, 0.15) is 17.5 Å². The fourth-order valence-corrected chi connectivity index (χ4v) is 3.96. The Labute approximate surface area is 162 Å². The van der Waals surface area contributed by atoms with Crippen LogP contribution in [0.4, 0.5) is 5.69 Å². The summed E-state index contributed by atoms with van der Waals surface area (Å²) in [6.07, 6.45) is 8.36. The van der Waals surface area contributed by atoms with Gasteiger partial charge in [-0.3, -0.25) is 0 Å². The van der Waals surface area contributed by atoms with E-state index in [1.807, 2.05) is 30.9 Å². The Kier molecular flexibility index (Phi) is 5.07. The molecule has 3 aromatic heterocycles. The summed E-state index contributed by atoms with van der Waals surface area (Å²) in [5.41, 5.74) is 4.48. The highest BCUT2D eigenvalue weighted by Gasteiger charge is 2.11. The molecular formula is C21H22N4OS. The number of benzene rings is 1. The largest absolute Gasteiger partial charge is 0.463 e. The number of nitrogens with zero attached hydrogens (tertiary/aromatic N) is 4. The van der Waals surface area contributed by atoms with Crippen LogP contribution in [-0.2, 0) is 13.1 Å². The van der Waals surface area contributed by atoms with Crippen molar-refractivity contribution in [1.82, 2.24) is 14.1 Å². The third-order valence-electron chi connectivity index (χ3n) is 4.51. The zero-order chi connectivity index (χ0) is 18.6. The fourth-order valence-electron chi connectivity index (χ4n) is 3.03. The SMILES string of the molecule is Cc1ccc(C)c(N=c2scc(-c3ccco3)n2CCCn2ccnc2)c1. The van der Waals surface area contributed by atoms with Crippen LogP contribution in [0.15, 0.2) is 70.1 Å². The van der Waals surface area contributed by atoms with Gasteiger partial charge >= 0.3 is 0 Å². The van der Waals surface area contributed by atoms with Crippen molar-refractivity contribution >= 4 is 17.0 Å². The standard InChI is InChI=1S/C21H22N4OS/c1-16-6-7-17(2)18(13-16)23-21-25(10-4-9-24-11-8-22-15-24)19(14-27-21)20-5-3-12-26-20/h3,5-8,11-15H,4,9-10H2,1-2H3. The Morgan fingerprint density at radius 3 is 2.89 bits per heavy atom. The molecule has 4 aromatic rings. The van der Waals surface area contributed by atoms with Crippen molar-refractivity contribution in [1.29, 1.82) is 0 Å². The predicted octanol–water partition coefficient (Wildman–Crippen LogP) is 4.95. The molecule has 0 unspecified atom stereocenters. The molecule has 0 N–H and O–H groups in total. The van der Waals surface area contributed by atoms with Gasteiger partial charge in [-0.2, -0.15) is 0 Å². The summed E-state index contributed by atoms with van der Waals surface area (Å²) < 4.78 is 10.00. The summed E-state index contributed by atoms with van der Waals surface area (Å²) in [6.45, 7) is 5.98. The van der Waals surface area contributed by atoms with Crippen molar-refractivity contribution in [2.45, 2.75) is 33.4 Å². The van der Waals surface area contributed by atoms with Gasteiger partial charge in [0, 0.05) is 30.9 Å². The average Bonchev–Trinajstić information content (AvgIpc) is 3.41. The van der Waals surface area contributed by atoms with Crippen LogP contribution < -0.4 is 4.80 Å². The van der Waals surface area contributed by atoms with Crippen molar-refractivity contribution in [3.8, 4) is 11.5 Å². The molecule has 4 rings (SSSR count). The first-order chi connectivity index (χ1) is 13.2. The second kappa shape index (κ2) is 7.80. The summed E-state index contributed by atoms with van der Waals surface area (Å²) in [7, 11) is 0. The molecule has 0 saturated carbocycles. The number of rotatable bonds is 6. The highest BCUT2D eigenvalue weighted by Crippen LogP contribution is 2.23. The van der Waals surface area contributed by atoms with E-state index in [4.69, 9.17) is 9.41 Å². The van der Waals surface area contributed by atoms with E-state index >= 15 is 0 Å². The molecule has 0 saturated heterocycles. The van der Waals surface area contributed by atoms with Gasteiger partial charge < -0.3 is 13.6 Å². The van der Waals surface area contributed by atoms with Crippen LogP contribution in [0.25, 0.3) is 11.5 Å². The second-order valence-corrected chi connectivity index (χ2v) is 7.42. The highest BCUT2D eigenvalue weighted by atomic mass is 32.1. The average molecular weight is 379 g/mol. The first-order valence-electron chi connectivity index (χ1n) is 9.00. The van der Waals surface area contributed by atoms with E-state index in [1.54, 1.807) is 17.6 Å². The van der Waals surface area contributed by atoms with Gasteiger partial charge in [-0.05, 0) is 49.6 Å². The number of aryl methyl sites for hydroxylation is 3. The van der Waals surface area contributed by atoms with E-state index in [2.05, 4.69) is 51.5 Å². The van der Waals surface area contributed by atoms with Crippen LogP contribution in [0.5, 0.6) is 0 Å². The zero-order valence-corrected chi connectivity index (χ0v) is 16.3. The van der Waals surface area contributed by atoms with Crippen LogP contribution >= 0.6 is 11.3 Å². The molecule has 0 radical (unpaired) electrons. The van der Waals surface area contributed by atoms with Gasteiger partial charge in [-0.25, -0.2) is 9.98 Å². The lowest BCUT2D eigenvalue weighted by Gasteiger charge is -2.08. The summed E-state index contributed by atoms with van der Waals surface area (Å²) in [6, 6.07) is 10.3. The number of furan rings is 1. The molecule has 0 spiro atoms. The Bertz CT molecular complexity index is 1070. The Hall–Kier alpha value is -2.86. The van der Waals surface area contributed by atoms with Crippen LogP contribution in [0.3, 0.4) is 0 Å². The smallest absolute Gasteiger partial charge is 0.190 e. The van der Waals surface area contributed by atoms with E-state index in [-0.39, 0.29) is 0 Å². The molecule has 0 fully saturated rings. The minimum Gasteiger partial charge on any atom is -0.463 e. The lowest BCUT2D eigenvalue weighted by molar-refractivity contribution is 0.541. The lowest BCUT2D eigenvalue weighted by atomic mass is 10.1. The summed E-state index contributed by atoms with van der Waals surface area (Å²) >= 11 is 1.65. The van der Waals surface area contributed by atoms with Crippen molar-refractivity contribution in [2.24, 2.45) is 4.99 Å². The van der Waals surface area contributed by atoms with Gasteiger partial charge in [0.15, 0.2) is 10.6 Å². The van der Waals surface area contributed by atoms with Crippen LogP contribution in [0.2, 0.25) is 0 Å². The molecule has 5 nitrogen and oxygen atoms in total. The summed E-state index contributed by atoms with van der Waals surface area (Å²) in [5.74, 6) is 0.872. The van der Waals surface area contributed by atoms with E-state index < -0.39 is 0 Å². The highest BCUT2D eigenvalue weighted by molar-refractivity contribution is 7.07. The van der Waals surface area contributed by atoms with E-state index in [0.717, 1.165) is 41.5 Å². The number of hydrogen-bond donors (Lipinski definition) is 0. The molecule has 0 aliphatic carbocycles. The third kappa shape index (κ3) is 3.95. The molecule has 0 aliphatic heterocycles. The third-order valence-corrected chi connectivity index (χ3v) is 5.37. The summed E-state index contributed by atoms with van der Waals surface area (Å²) in [4.78, 5) is 10.1. The lowest BCUT2D eigenvalue weighted by Crippen LogP contribution is -2.17. The molecule has 6 heteroatoms. The molecule has 1 aromatic carbocycles. The topological polar surface area (TPSA) is 48.2 Å². The molecule has 0 bridgehead atoms. The fraction of sp³-hybridized carbons (Fsp3) is 0.238. The van der Waals surface area contributed by atoms with Crippen molar-refractivity contribution in [3.63, 3.8) is 0 Å². The molecule has 3 heterocycles. The van der Waals surface area contributed by atoms with E-state index in [9.17, 15) is 0 Å². The van der Waals surface area contributed by atoms with Crippen molar-refractivity contribution in [3.05, 3.63) is 76.6 Å². The first-order valence-corrected chi connectivity index (χ1v) is 9.88. The van der Waals surface area contributed by atoms with Gasteiger partial charge in [0.1, 0.15) is 0 Å². The van der Waals surface area contributed by atoms with Gasteiger partial charge in [-0.15, -0.1) is 11.3 Å². The summed E-state index contributed by atoms with van der Waals surface area (Å²) in [5, 5.41) is 2.13. The van der Waals surface area contributed by atoms with Gasteiger partial charge in [-0.1, -0.05) is 12.1 Å². The normalized spacial score (nSPS) is 12.0. The Balaban J connectivity index is 1.70. The number of hydrogen-bond acceptors (Lipinski definition) is 4. The van der Waals surface area contributed by atoms with Crippen molar-refractivity contribution < 1.29 is 4.42 Å². The molecule has 138 valence electrons. The maximum atomic E-state index is 5.65. The number of aromatic nitrogens is 3. The van der Waals surface area contributed by atoms with Gasteiger partial charge in [0.2, 0.25) is 0 Å². The maximum Gasteiger partial charge on any atom is 0.190 e. The molecule has 0 aliphatic rings. The molecule has 0 atom stereocenters. The monoisotopic (exact) mass is 378 g/mol. The number of imidazole rings is 1. The maximum absolute atomic E-state index is 5.65. The zero-order valence-electron chi connectivity index (χ0n) is 15.5. The van der Waals surface area contributed by atoms with E-state index in [1.165, 1.54) is 11.1 Å². The molecule has 0 amide bonds. The first kappa shape index (κ1) is 17.5. The Morgan fingerprint density at radius 1 is 1.19 bits per heavy atom. The molecular weight excluding hydrogens is 356 g/mol. The predicted molar refractivity (Wildman–Crippen MR) is 108 cm³/mol. The second-order valence-electron chi connectivity index (χ2n) is 6.59. The van der Waals surface area contributed by atoms with Crippen molar-refractivity contribution in [2.75, 3.05) is 0 Å². The van der Waals surface area contributed by atoms with Gasteiger partial charge in [0.05, 0.1) is 24.0 Å². The minimum absolute atomic E-state index is 0.863. The van der Waals surface area contributed by atoms with Gasteiger partial charge in [0.25, 0.3) is 0 Å². The van der Waals surface area contributed by atoms with Crippen LogP contribution in [-0.4, -0.2) is 14.1 Å². The van der Waals surface area contributed by atoms with Crippen LogP contribution in [0, 0.1) is 13.8 Å². The quantitative estimate of drug-likeness (QED) is 0.477. The minimum atomic E-state index is 0.863. The Morgan fingerprint density at radius 2 is 2.11 bits per heavy atom. The number of thiazole rings is 1. The van der Waals surface area contributed by atoms with E-state index in [0.29, 0.717) is 0 Å². The molecule has 27 heavy (non-hydrogen) atoms.